The Morgan fingerprint density at radius 1 is 1.32 bits per heavy atom. The first-order valence-electron chi connectivity index (χ1n) is 7.32. The van der Waals surface area contributed by atoms with Crippen LogP contribution >= 0.6 is 0 Å². The Morgan fingerprint density at radius 2 is 2.00 bits per heavy atom. The summed E-state index contributed by atoms with van der Waals surface area (Å²) in [6, 6.07) is 9.48. The van der Waals surface area contributed by atoms with Crippen molar-refractivity contribution < 1.29 is 4.74 Å². The van der Waals surface area contributed by atoms with Crippen LogP contribution in [0.1, 0.15) is 37.9 Å². The smallest absolute Gasteiger partial charge is 0.0850 e. The fraction of sp³-hybridized carbons (Fsp3) is 0.625. The number of rotatable bonds is 4. The number of aryl methyl sites for hydroxylation is 1. The van der Waals surface area contributed by atoms with E-state index in [2.05, 4.69) is 43.0 Å². The van der Waals surface area contributed by atoms with E-state index in [1.165, 1.54) is 11.1 Å². The molecule has 1 aromatic rings. The molecule has 1 aromatic carbocycles. The van der Waals surface area contributed by atoms with Crippen LogP contribution in [-0.2, 0) is 11.2 Å². The summed E-state index contributed by atoms with van der Waals surface area (Å²) in [4.78, 5) is 2.47. The predicted octanol–water partition coefficient (Wildman–Crippen LogP) is 2.36. The molecule has 3 heteroatoms. The standard InChI is InChI=1S/C16H26N2O/c1-4-14-5-7-15(8-6-14)13(3)18-9-10-19-16(11-18)12(2)17/h5-8,12-13,16H,4,9-11,17H2,1-3H3. The normalized spacial score (nSPS) is 24.1. The van der Waals surface area contributed by atoms with E-state index in [1.54, 1.807) is 0 Å². The molecule has 2 rings (SSSR count). The molecule has 3 nitrogen and oxygen atoms in total. The maximum absolute atomic E-state index is 5.95. The molecule has 0 spiro atoms. The van der Waals surface area contributed by atoms with Gasteiger partial charge in [-0.25, -0.2) is 0 Å². The van der Waals surface area contributed by atoms with Crippen molar-refractivity contribution >= 4 is 0 Å². The first kappa shape index (κ1) is 14.5. The van der Waals surface area contributed by atoms with E-state index in [1.807, 2.05) is 6.92 Å². The summed E-state index contributed by atoms with van der Waals surface area (Å²) in [5, 5.41) is 0. The van der Waals surface area contributed by atoms with Gasteiger partial charge in [0.15, 0.2) is 0 Å². The molecule has 1 aliphatic heterocycles. The number of nitrogens with zero attached hydrogens (tertiary/aromatic N) is 1. The van der Waals surface area contributed by atoms with Gasteiger partial charge >= 0.3 is 0 Å². The van der Waals surface area contributed by atoms with Gasteiger partial charge in [0.2, 0.25) is 0 Å². The molecule has 1 aliphatic rings. The van der Waals surface area contributed by atoms with E-state index in [9.17, 15) is 0 Å². The lowest BCUT2D eigenvalue weighted by atomic mass is 10.0. The number of morpholine rings is 1. The van der Waals surface area contributed by atoms with Crippen LogP contribution in [-0.4, -0.2) is 36.7 Å². The van der Waals surface area contributed by atoms with Crippen LogP contribution in [0.5, 0.6) is 0 Å². The Labute approximate surface area is 116 Å². The van der Waals surface area contributed by atoms with Gasteiger partial charge in [-0.2, -0.15) is 0 Å². The Morgan fingerprint density at radius 3 is 2.58 bits per heavy atom. The molecular weight excluding hydrogens is 236 g/mol. The summed E-state index contributed by atoms with van der Waals surface area (Å²) in [7, 11) is 0. The fourth-order valence-corrected chi connectivity index (χ4v) is 2.61. The minimum Gasteiger partial charge on any atom is -0.374 e. The topological polar surface area (TPSA) is 38.5 Å². The van der Waals surface area contributed by atoms with Crippen LogP contribution in [0, 0.1) is 0 Å². The van der Waals surface area contributed by atoms with Crippen LogP contribution in [0.3, 0.4) is 0 Å². The van der Waals surface area contributed by atoms with E-state index in [0.717, 1.165) is 26.1 Å². The van der Waals surface area contributed by atoms with Gasteiger partial charge in [0.05, 0.1) is 12.7 Å². The minimum absolute atomic E-state index is 0.0949. The lowest BCUT2D eigenvalue weighted by Crippen LogP contribution is -2.50. The summed E-state index contributed by atoms with van der Waals surface area (Å²) in [5.74, 6) is 0. The van der Waals surface area contributed by atoms with E-state index in [-0.39, 0.29) is 12.1 Å². The second-order valence-electron chi connectivity index (χ2n) is 5.53. The molecule has 3 atom stereocenters. The van der Waals surface area contributed by atoms with Crippen LogP contribution in [0.4, 0.5) is 0 Å². The minimum atomic E-state index is 0.0949. The van der Waals surface area contributed by atoms with Crippen LogP contribution < -0.4 is 5.73 Å². The highest BCUT2D eigenvalue weighted by Crippen LogP contribution is 2.23. The van der Waals surface area contributed by atoms with Crippen molar-refractivity contribution in [1.29, 1.82) is 0 Å². The molecule has 3 unspecified atom stereocenters. The van der Waals surface area contributed by atoms with Gasteiger partial charge in [0.1, 0.15) is 0 Å². The quantitative estimate of drug-likeness (QED) is 0.905. The summed E-state index contributed by atoms with van der Waals surface area (Å²) >= 11 is 0. The third-order valence-corrected chi connectivity index (χ3v) is 4.13. The molecule has 0 bridgehead atoms. The van der Waals surface area contributed by atoms with Crippen molar-refractivity contribution in [2.24, 2.45) is 5.73 Å². The van der Waals surface area contributed by atoms with E-state index in [0.29, 0.717) is 6.04 Å². The maximum atomic E-state index is 5.95. The molecule has 1 saturated heterocycles. The lowest BCUT2D eigenvalue weighted by molar-refractivity contribution is -0.0498. The van der Waals surface area contributed by atoms with Gasteiger partial charge in [-0.3, -0.25) is 4.90 Å². The second kappa shape index (κ2) is 6.51. The molecule has 1 heterocycles. The average Bonchev–Trinajstić information content (AvgIpc) is 2.46. The number of nitrogens with two attached hydrogens (primary N) is 1. The average molecular weight is 262 g/mol. The predicted molar refractivity (Wildman–Crippen MR) is 79.2 cm³/mol. The van der Waals surface area contributed by atoms with Gasteiger partial charge in [-0.05, 0) is 31.4 Å². The zero-order valence-corrected chi connectivity index (χ0v) is 12.3. The number of hydrogen-bond donors (Lipinski definition) is 1. The zero-order valence-electron chi connectivity index (χ0n) is 12.3. The maximum Gasteiger partial charge on any atom is 0.0850 e. The van der Waals surface area contributed by atoms with E-state index >= 15 is 0 Å². The molecule has 0 radical (unpaired) electrons. The largest absolute Gasteiger partial charge is 0.374 e. The molecular formula is C16H26N2O. The number of benzene rings is 1. The van der Waals surface area contributed by atoms with Crippen molar-refractivity contribution in [3.05, 3.63) is 35.4 Å². The summed E-state index contributed by atoms with van der Waals surface area (Å²) in [6.07, 6.45) is 1.25. The highest BCUT2D eigenvalue weighted by Gasteiger charge is 2.26. The zero-order chi connectivity index (χ0) is 13.8. The molecule has 19 heavy (non-hydrogen) atoms. The molecule has 0 saturated carbocycles. The van der Waals surface area contributed by atoms with Crippen LogP contribution in [0.2, 0.25) is 0 Å². The van der Waals surface area contributed by atoms with E-state index in [4.69, 9.17) is 10.5 Å². The SMILES string of the molecule is CCc1ccc(C(C)N2CCOC(C(C)N)C2)cc1. The third-order valence-electron chi connectivity index (χ3n) is 4.13. The van der Waals surface area contributed by atoms with Gasteiger partial charge in [-0.1, -0.05) is 31.2 Å². The monoisotopic (exact) mass is 262 g/mol. The molecule has 2 N–H and O–H groups in total. The Balaban J connectivity index is 2.03. The first-order chi connectivity index (χ1) is 9.11. The Hall–Kier alpha value is -0.900. The van der Waals surface area contributed by atoms with Crippen molar-refractivity contribution in [2.75, 3.05) is 19.7 Å². The molecule has 0 aromatic heterocycles. The molecule has 106 valence electrons. The fourth-order valence-electron chi connectivity index (χ4n) is 2.61. The highest BCUT2D eigenvalue weighted by molar-refractivity contribution is 5.24. The van der Waals surface area contributed by atoms with Gasteiger partial charge < -0.3 is 10.5 Å². The molecule has 0 amide bonds. The lowest BCUT2D eigenvalue weighted by Gasteiger charge is -2.38. The highest BCUT2D eigenvalue weighted by atomic mass is 16.5. The number of hydrogen-bond acceptors (Lipinski definition) is 3. The molecule has 1 fully saturated rings. The summed E-state index contributed by atoms with van der Waals surface area (Å²) in [6.45, 7) is 9.17. The third kappa shape index (κ3) is 3.56. The van der Waals surface area contributed by atoms with Crippen molar-refractivity contribution in [3.63, 3.8) is 0 Å². The summed E-state index contributed by atoms with van der Waals surface area (Å²) < 4.78 is 5.73. The second-order valence-corrected chi connectivity index (χ2v) is 5.53. The van der Waals surface area contributed by atoms with Gasteiger partial charge in [0, 0.05) is 25.2 Å². The van der Waals surface area contributed by atoms with Gasteiger partial charge in [-0.15, -0.1) is 0 Å². The van der Waals surface area contributed by atoms with E-state index < -0.39 is 0 Å². The van der Waals surface area contributed by atoms with Crippen molar-refractivity contribution in [2.45, 2.75) is 45.4 Å². The summed E-state index contributed by atoms with van der Waals surface area (Å²) in [5.41, 5.74) is 8.73. The van der Waals surface area contributed by atoms with Crippen molar-refractivity contribution in [1.82, 2.24) is 4.90 Å². The Bertz CT molecular complexity index is 388. The number of ether oxygens (including phenoxy) is 1. The van der Waals surface area contributed by atoms with Crippen LogP contribution in [0.15, 0.2) is 24.3 Å². The Kier molecular flexibility index (Phi) is 4.97. The van der Waals surface area contributed by atoms with Crippen LogP contribution in [0.25, 0.3) is 0 Å². The van der Waals surface area contributed by atoms with Gasteiger partial charge in [0.25, 0.3) is 0 Å². The van der Waals surface area contributed by atoms with Crippen molar-refractivity contribution in [3.8, 4) is 0 Å². The molecule has 0 aliphatic carbocycles. The first-order valence-corrected chi connectivity index (χ1v) is 7.32.